The maximum Gasteiger partial charge on any atom is 0.244 e. The van der Waals surface area contributed by atoms with E-state index in [0.717, 1.165) is 22.3 Å². The molecule has 1 N–H and O–H groups in total. The van der Waals surface area contributed by atoms with E-state index in [4.69, 9.17) is 4.74 Å². The zero-order valence-electron chi connectivity index (χ0n) is 19.8. The molecule has 34 heavy (non-hydrogen) atoms. The smallest absolute Gasteiger partial charge is 0.244 e. The van der Waals surface area contributed by atoms with Gasteiger partial charge in [0.15, 0.2) is 9.84 Å². The number of sulfone groups is 1. The molecule has 3 aromatic carbocycles. The number of benzene rings is 3. The van der Waals surface area contributed by atoms with E-state index in [2.05, 4.69) is 5.32 Å². The summed E-state index contributed by atoms with van der Waals surface area (Å²) in [4.78, 5) is 13.1. The zero-order chi connectivity index (χ0) is 24.5. The number of rotatable bonds is 7. The third kappa shape index (κ3) is 4.84. The monoisotopic (exact) mass is 476 g/mol. The van der Waals surface area contributed by atoms with Crippen LogP contribution in [-0.2, 0) is 26.9 Å². The number of aromatic nitrogens is 1. The van der Waals surface area contributed by atoms with Crippen LogP contribution < -0.4 is 10.1 Å². The van der Waals surface area contributed by atoms with Crippen LogP contribution in [0, 0.1) is 20.8 Å². The third-order valence-corrected chi connectivity index (χ3v) is 7.57. The topological polar surface area (TPSA) is 77.4 Å². The number of nitrogens with zero attached hydrogens (tertiary/aromatic N) is 1. The van der Waals surface area contributed by atoms with Gasteiger partial charge in [-0.3, -0.25) is 4.79 Å². The highest BCUT2D eigenvalue weighted by Crippen LogP contribution is 2.30. The Hall–Kier alpha value is -3.58. The van der Waals surface area contributed by atoms with Crippen molar-refractivity contribution in [3.8, 4) is 5.75 Å². The van der Waals surface area contributed by atoms with Crippen molar-refractivity contribution in [2.75, 3.05) is 12.4 Å². The summed E-state index contributed by atoms with van der Waals surface area (Å²) in [5.41, 5.74) is 4.98. The molecule has 0 radical (unpaired) electrons. The number of para-hydroxylation sites is 1. The normalized spacial score (nSPS) is 11.5. The van der Waals surface area contributed by atoms with Crippen molar-refractivity contribution in [2.45, 2.75) is 38.0 Å². The quantitative estimate of drug-likeness (QED) is 0.398. The zero-order valence-corrected chi connectivity index (χ0v) is 20.6. The van der Waals surface area contributed by atoms with Crippen molar-refractivity contribution >= 4 is 32.3 Å². The van der Waals surface area contributed by atoms with Crippen LogP contribution in [0.15, 0.2) is 71.8 Å². The molecule has 0 spiro atoms. The Morgan fingerprint density at radius 2 is 1.68 bits per heavy atom. The summed E-state index contributed by atoms with van der Waals surface area (Å²) in [6.07, 6.45) is 1.57. The number of fused-ring (bicyclic) bond motifs is 1. The van der Waals surface area contributed by atoms with Gasteiger partial charge in [0, 0.05) is 17.1 Å². The Bertz CT molecular complexity index is 1490. The summed E-state index contributed by atoms with van der Waals surface area (Å²) in [7, 11) is -2.09. The Morgan fingerprint density at radius 1 is 0.971 bits per heavy atom. The molecule has 0 aliphatic carbocycles. The Kier molecular flexibility index (Phi) is 6.48. The number of methoxy groups -OCH3 is 1. The maximum atomic E-state index is 13.5. The van der Waals surface area contributed by atoms with Crippen LogP contribution in [-0.4, -0.2) is 26.0 Å². The average Bonchev–Trinajstić information content (AvgIpc) is 3.16. The van der Waals surface area contributed by atoms with Crippen molar-refractivity contribution in [3.05, 3.63) is 89.1 Å². The standard InChI is InChI=1S/C27H28N2O4S/c1-18-9-11-20(3)21(13-18)17-34(31,32)26-15-29(24-8-6-5-7-22(24)26)16-27(30)28-23-14-19(2)10-12-25(23)33-4/h5-15H,16-17H2,1-4H3,(H,28,30). The molecule has 0 atom stereocenters. The minimum absolute atomic E-state index is 0.0311. The molecule has 1 amide bonds. The van der Waals surface area contributed by atoms with E-state index >= 15 is 0 Å². The predicted molar refractivity (Wildman–Crippen MR) is 135 cm³/mol. The maximum absolute atomic E-state index is 13.5. The van der Waals surface area contributed by atoms with Gasteiger partial charge in [-0.15, -0.1) is 0 Å². The molecule has 1 aromatic heterocycles. The Balaban J connectivity index is 1.66. The van der Waals surface area contributed by atoms with E-state index < -0.39 is 9.84 Å². The molecule has 1 heterocycles. The molecule has 0 fully saturated rings. The fourth-order valence-corrected chi connectivity index (χ4v) is 5.77. The molecule has 0 saturated heterocycles. The highest BCUT2D eigenvalue weighted by molar-refractivity contribution is 7.90. The molecule has 176 valence electrons. The van der Waals surface area contributed by atoms with Crippen LogP contribution in [0.5, 0.6) is 5.75 Å². The number of hydrogen-bond donors (Lipinski definition) is 1. The van der Waals surface area contributed by atoms with Crippen LogP contribution in [0.2, 0.25) is 0 Å². The van der Waals surface area contributed by atoms with Gasteiger partial charge in [0.05, 0.1) is 23.4 Å². The minimum atomic E-state index is -3.64. The molecule has 0 aliphatic heterocycles. The largest absolute Gasteiger partial charge is 0.495 e. The highest BCUT2D eigenvalue weighted by Gasteiger charge is 2.23. The summed E-state index contributed by atoms with van der Waals surface area (Å²) in [5, 5.41) is 3.49. The van der Waals surface area contributed by atoms with Crippen molar-refractivity contribution in [3.63, 3.8) is 0 Å². The van der Waals surface area contributed by atoms with E-state index in [1.165, 1.54) is 0 Å². The van der Waals surface area contributed by atoms with Gasteiger partial charge in [-0.1, -0.05) is 48.0 Å². The van der Waals surface area contributed by atoms with Gasteiger partial charge in [0.25, 0.3) is 0 Å². The first-order valence-electron chi connectivity index (χ1n) is 11.0. The molecule has 0 saturated carbocycles. The Morgan fingerprint density at radius 3 is 2.44 bits per heavy atom. The molecule has 7 heteroatoms. The number of carbonyl (C=O) groups excluding carboxylic acids is 1. The predicted octanol–water partition coefficient (Wildman–Crippen LogP) is 5.19. The second-order valence-electron chi connectivity index (χ2n) is 8.58. The Labute approximate surface area is 200 Å². The summed E-state index contributed by atoms with van der Waals surface area (Å²) in [6, 6.07) is 18.6. The molecule has 0 unspecified atom stereocenters. The van der Waals surface area contributed by atoms with Gasteiger partial charge >= 0.3 is 0 Å². The molecule has 4 rings (SSSR count). The minimum Gasteiger partial charge on any atom is -0.495 e. The lowest BCUT2D eigenvalue weighted by molar-refractivity contribution is -0.116. The fraction of sp³-hybridized carbons (Fsp3) is 0.222. The molecular formula is C27H28N2O4S. The fourth-order valence-electron chi connectivity index (χ4n) is 4.09. The van der Waals surface area contributed by atoms with Crippen LogP contribution in [0.25, 0.3) is 10.9 Å². The van der Waals surface area contributed by atoms with Crippen molar-refractivity contribution in [1.82, 2.24) is 4.57 Å². The first-order valence-corrected chi connectivity index (χ1v) is 12.6. The van der Waals surface area contributed by atoms with E-state index in [0.29, 0.717) is 22.3 Å². The first kappa shape index (κ1) is 23.6. The number of nitrogens with one attached hydrogen (secondary N) is 1. The van der Waals surface area contributed by atoms with Gasteiger partial charge in [0.2, 0.25) is 5.91 Å². The number of carbonyl (C=O) groups is 1. The number of amides is 1. The number of aryl methyl sites for hydroxylation is 3. The van der Waals surface area contributed by atoms with Crippen LogP contribution >= 0.6 is 0 Å². The lowest BCUT2D eigenvalue weighted by atomic mass is 10.1. The molecule has 6 nitrogen and oxygen atoms in total. The number of ether oxygens (including phenoxy) is 1. The summed E-state index contributed by atoms with van der Waals surface area (Å²) in [6.45, 7) is 5.76. The van der Waals surface area contributed by atoms with Gasteiger partial charge in [0.1, 0.15) is 12.3 Å². The van der Waals surface area contributed by atoms with E-state index in [1.54, 1.807) is 36.1 Å². The molecular weight excluding hydrogens is 448 g/mol. The van der Waals surface area contributed by atoms with Crippen molar-refractivity contribution < 1.29 is 17.9 Å². The van der Waals surface area contributed by atoms with E-state index in [9.17, 15) is 13.2 Å². The molecule has 4 aromatic rings. The van der Waals surface area contributed by atoms with E-state index in [1.807, 2.05) is 63.2 Å². The third-order valence-electron chi connectivity index (χ3n) is 5.88. The second kappa shape index (κ2) is 9.35. The van der Waals surface area contributed by atoms with Gasteiger partial charge in [-0.2, -0.15) is 0 Å². The lowest BCUT2D eigenvalue weighted by Gasteiger charge is -2.12. The van der Waals surface area contributed by atoms with Crippen LogP contribution in [0.3, 0.4) is 0 Å². The van der Waals surface area contributed by atoms with Crippen LogP contribution in [0.4, 0.5) is 5.69 Å². The van der Waals surface area contributed by atoms with Crippen LogP contribution in [0.1, 0.15) is 22.3 Å². The summed E-state index contributed by atoms with van der Waals surface area (Å²) >= 11 is 0. The molecule has 0 bridgehead atoms. The van der Waals surface area contributed by atoms with Gasteiger partial charge in [-0.25, -0.2) is 8.42 Å². The SMILES string of the molecule is COc1ccc(C)cc1NC(=O)Cn1cc(S(=O)(=O)Cc2cc(C)ccc2C)c2ccccc21. The van der Waals surface area contributed by atoms with Gasteiger partial charge in [-0.05, 0) is 55.7 Å². The number of anilines is 1. The van der Waals surface area contributed by atoms with Crippen molar-refractivity contribution in [2.24, 2.45) is 0 Å². The van der Waals surface area contributed by atoms with Gasteiger partial charge < -0.3 is 14.6 Å². The first-order chi connectivity index (χ1) is 16.2. The average molecular weight is 477 g/mol. The number of hydrogen-bond acceptors (Lipinski definition) is 4. The summed E-state index contributed by atoms with van der Waals surface area (Å²) < 4.78 is 33.9. The summed E-state index contributed by atoms with van der Waals surface area (Å²) in [5.74, 6) is 0.192. The van der Waals surface area contributed by atoms with Crippen molar-refractivity contribution in [1.29, 1.82) is 0 Å². The molecule has 0 aliphatic rings. The highest BCUT2D eigenvalue weighted by atomic mass is 32.2. The lowest BCUT2D eigenvalue weighted by Crippen LogP contribution is -2.18. The van der Waals surface area contributed by atoms with E-state index in [-0.39, 0.29) is 23.1 Å². The second-order valence-corrected chi connectivity index (χ2v) is 10.5.